The Morgan fingerprint density at radius 2 is 1.85 bits per heavy atom. The van der Waals surface area contributed by atoms with Crippen molar-refractivity contribution in [2.45, 2.75) is 6.54 Å². The van der Waals surface area contributed by atoms with Crippen LogP contribution in [-0.2, 0) is 13.6 Å². The number of fused-ring (bicyclic) bond motifs is 1. The monoisotopic (exact) mass is 269 g/mol. The third-order valence-corrected chi connectivity index (χ3v) is 3.97. The molecule has 0 atom stereocenters. The van der Waals surface area contributed by atoms with Crippen LogP contribution in [0.15, 0.2) is 24.3 Å². The lowest BCUT2D eigenvalue weighted by Crippen LogP contribution is -2.45. The molecule has 2 heterocycles. The number of aromatic nitrogens is 2. The van der Waals surface area contributed by atoms with Crippen molar-refractivity contribution >= 4 is 10.9 Å². The summed E-state index contributed by atoms with van der Waals surface area (Å²) < 4.78 is 1.95. The normalized spacial score (nSPS) is 17.4. The Bertz CT molecular complexity index is 631. The van der Waals surface area contributed by atoms with Gasteiger partial charge in [0.05, 0.1) is 23.8 Å². The molecule has 5 nitrogen and oxygen atoms in total. The van der Waals surface area contributed by atoms with Crippen LogP contribution in [0, 0.1) is 11.3 Å². The molecule has 0 amide bonds. The van der Waals surface area contributed by atoms with Gasteiger partial charge in [-0.1, -0.05) is 18.2 Å². The number of nitriles is 1. The number of rotatable bonds is 3. The topological polar surface area (TPSA) is 48.1 Å². The highest BCUT2D eigenvalue weighted by atomic mass is 15.3. The molecule has 1 aromatic carbocycles. The molecular formula is C15H19N5. The van der Waals surface area contributed by atoms with Crippen LogP contribution in [0.5, 0.6) is 0 Å². The van der Waals surface area contributed by atoms with Crippen molar-refractivity contribution in [2.24, 2.45) is 7.05 Å². The lowest BCUT2D eigenvalue weighted by molar-refractivity contribution is 0.137. The van der Waals surface area contributed by atoms with Crippen LogP contribution in [0.2, 0.25) is 0 Å². The smallest absolute Gasteiger partial charge is 0.0866 e. The van der Waals surface area contributed by atoms with Gasteiger partial charge in [-0.25, -0.2) is 0 Å². The molecule has 2 aromatic rings. The Hall–Kier alpha value is -1.90. The van der Waals surface area contributed by atoms with Gasteiger partial charge in [-0.2, -0.15) is 10.4 Å². The van der Waals surface area contributed by atoms with Crippen LogP contribution in [0.25, 0.3) is 10.9 Å². The zero-order valence-electron chi connectivity index (χ0n) is 11.8. The summed E-state index contributed by atoms with van der Waals surface area (Å²) in [4.78, 5) is 4.62. The zero-order chi connectivity index (χ0) is 13.9. The molecule has 5 heteroatoms. The first-order chi connectivity index (χ1) is 9.78. The highest BCUT2D eigenvalue weighted by molar-refractivity contribution is 5.81. The van der Waals surface area contributed by atoms with Gasteiger partial charge in [0.2, 0.25) is 0 Å². The highest BCUT2D eigenvalue weighted by Gasteiger charge is 2.18. The molecule has 0 bridgehead atoms. The summed E-state index contributed by atoms with van der Waals surface area (Å²) in [5.41, 5.74) is 2.34. The summed E-state index contributed by atoms with van der Waals surface area (Å²) in [6.07, 6.45) is 0. The standard InChI is InChI=1S/C15H19N5/c1-18-15-5-3-2-4-13(15)14(17-18)12-20-10-8-19(7-6-16)9-11-20/h2-5H,7-12H2,1H3. The number of aryl methyl sites for hydroxylation is 1. The summed E-state index contributed by atoms with van der Waals surface area (Å²) in [6.45, 7) is 5.39. The van der Waals surface area contributed by atoms with Gasteiger partial charge < -0.3 is 0 Å². The van der Waals surface area contributed by atoms with Crippen LogP contribution in [-0.4, -0.2) is 52.3 Å². The lowest BCUT2D eigenvalue weighted by atomic mass is 10.2. The van der Waals surface area contributed by atoms with Crippen molar-refractivity contribution in [2.75, 3.05) is 32.7 Å². The Balaban J connectivity index is 1.70. The molecule has 1 saturated heterocycles. The van der Waals surface area contributed by atoms with Crippen LogP contribution >= 0.6 is 0 Å². The van der Waals surface area contributed by atoms with Gasteiger partial charge in [-0.15, -0.1) is 0 Å². The maximum Gasteiger partial charge on any atom is 0.0866 e. The second kappa shape index (κ2) is 5.61. The first-order valence-electron chi connectivity index (χ1n) is 7.00. The van der Waals surface area contributed by atoms with Gasteiger partial charge in [0, 0.05) is 45.2 Å². The number of piperazine rings is 1. The van der Waals surface area contributed by atoms with Crippen LogP contribution in [0.1, 0.15) is 5.69 Å². The van der Waals surface area contributed by atoms with Crippen molar-refractivity contribution in [3.63, 3.8) is 0 Å². The fourth-order valence-corrected chi connectivity index (χ4v) is 2.82. The highest BCUT2D eigenvalue weighted by Crippen LogP contribution is 2.19. The maximum absolute atomic E-state index is 8.72. The fraction of sp³-hybridized carbons (Fsp3) is 0.467. The molecule has 0 spiro atoms. The third-order valence-electron chi connectivity index (χ3n) is 3.97. The molecule has 0 aliphatic carbocycles. The minimum Gasteiger partial charge on any atom is -0.295 e. The molecule has 1 aromatic heterocycles. The molecule has 1 fully saturated rings. The van der Waals surface area contributed by atoms with Gasteiger partial charge in [-0.05, 0) is 6.07 Å². The third kappa shape index (κ3) is 2.53. The van der Waals surface area contributed by atoms with Crippen molar-refractivity contribution in [1.29, 1.82) is 5.26 Å². The Morgan fingerprint density at radius 3 is 2.60 bits per heavy atom. The van der Waals surface area contributed by atoms with E-state index in [2.05, 4.69) is 45.2 Å². The summed E-state index contributed by atoms with van der Waals surface area (Å²) >= 11 is 0. The van der Waals surface area contributed by atoms with Crippen molar-refractivity contribution in [3.05, 3.63) is 30.0 Å². The first-order valence-corrected chi connectivity index (χ1v) is 7.00. The largest absolute Gasteiger partial charge is 0.295 e. The van der Waals surface area contributed by atoms with Crippen LogP contribution in [0.3, 0.4) is 0 Å². The number of hydrogen-bond acceptors (Lipinski definition) is 4. The summed E-state index contributed by atoms with van der Waals surface area (Å²) in [5, 5.41) is 14.6. The van der Waals surface area contributed by atoms with E-state index in [9.17, 15) is 0 Å². The summed E-state index contributed by atoms with van der Waals surface area (Å²) in [6, 6.07) is 10.6. The molecule has 0 N–H and O–H groups in total. The lowest BCUT2D eigenvalue weighted by Gasteiger charge is -2.32. The Kier molecular flexibility index (Phi) is 3.68. The van der Waals surface area contributed by atoms with Gasteiger partial charge in [0.25, 0.3) is 0 Å². The average molecular weight is 269 g/mol. The Morgan fingerprint density at radius 1 is 1.15 bits per heavy atom. The minimum atomic E-state index is 0.542. The van der Waals surface area contributed by atoms with Gasteiger partial charge in [-0.3, -0.25) is 14.5 Å². The van der Waals surface area contributed by atoms with E-state index in [0.717, 1.165) is 38.4 Å². The molecule has 0 radical (unpaired) electrons. The molecule has 3 rings (SSSR count). The van der Waals surface area contributed by atoms with Gasteiger partial charge >= 0.3 is 0 Å². The van der Waals surface area contributed by atoms with E-state index in [1.807, 2.05) is 11.7 Å². The average Bonchev–Trinajstić information content (AvgIpc) is 2.79. The molecular weight excluding hydrogens is 250 g/mol. The number of hydrogen-bond donors (Lipinski definition) is 0. The molecule has 0 saturated carbocycles. The minimum absolute atomic E-state index is 0.542. The molecule has 0 unspecified atom stereocenters. The predicted octanol–water partition coefficient (Wildman–Crippen LogP) is 1.21. The predicted molar refractivity (Wildman–Crippen MR) is 78.0 cm³/mol. The maximum atomic E-state index is 8.72. The molecule has 1 aliphatic heterocycles. The van der Waals surface area contributed by atoms with E-state index in [-0.39, 0.29) is 0 Å². The summed E-state index contributed by atoms with van der Waals surface area (Å²) in [5.74, 6) is 0. The van der Waals surface area contributed by atoms with E-state index in [0.29, 0.717) is 6.54 Å². The zero-order valence-corrected chi connectivity index (χ0v) is 11.8. The molecule has 20 heavy (non-hydrogen) atoms. The van der Waals surface area contributed by atoms with E-state index >= 15 is 0 Å². The number of benzene rings is 1. The van der Waals surface area contributed by atoms with E-state index in [4.69, 9.17) is 5.26 Å². The Labute approximate surface area is 119 Å². The molecule has 104 valence electrons. The quantitative estimate of drug-likeness (QED) is 0.786. The van der Waals surface area contributed by atoms with Gasteiger partial charge in [0.1, 0.15) is 0 Å². The second-order valence-corrected chi connectivity index (χ2v) is 5.30. The van der Waals surface area contributed by atoms with Gasteiger partial charge in [0.15, 0.2) is 0 Å². The van der Waals surface area contributed by atoms with E-state index < -0.39 is 0 Å². The SMILES string of the molecule is Cn1nc(CN2CCN(CC#N)CC2)c2ccccc21. The first kappa shape index (κ1) is 13.1. The molecule has 1 aliphatic rings. The fourth-order valence-electron chi connectivity index (χ4n) is 2.82. The number of nitrogens with zero attached hydrogens (tertiary/aromatic N) is 5. The van der Waals surface area contributed by atoms with Crippen LogP contribution < -0.4 is 0 Å². The van der Waals surface area contributed by atoms with Crippen LogP contribution in [0.4, 0.5) is 0 Å². The second-order valence-electron chi connectivity index (χ2n) is 5.30. The summed E-state index contributed by atoms with van der Waals surface area (Å²) in [7, 11) is 2.00. The van der Waals surface area contributed by atoms with E-state index in [1.165, 1.54) is 10.9 Å². The van der Waals surface area contributed by atoms with E-state index in [1.54, 1.807) is 0 Å². The van der Waals surface area contributed by atoms with Crippen molar-refractivity contribution < 1.29 is 0 Å². The van der Waals surface area contributed by atoms with Crippen molar-refractivity contribution in [3.8, 4) is 6.07 Å². The number of para-hydroxylation sites is 1. The van der Waals surface area contributed by atoms with Crippen molar-refractivity contribution in [1.82, 2.24) is 19.6 Å².